The van der Waals surface area contributed by atoms with E-state index in [2.05, 4.69) is 5.32 Å². The predicted molar refractivity (Wildman–Crippen MR) is 69.9 cm³/mol. The van der Waals surface area contributed by atoms with Crippen molar-refractivity contribution in [3.05, 3.63) is 0 Å². The van der Waals surface area contributed by atoms with Gasteiger partial charge in [0.05, 0.1) is 6.61 Å². The van der Waals surface area contributed by atoms with Gasteiger partial charge in [-0.1, -0.05) is 20.3 Å². The van der Waals surface area contributed by atoms with Crippen LogP contribution in [0.15, 0.2) is 0 Å². The Morgan fingerprint density at radius 2 is 1.89 bits per heavy atom. The zero-order valence-corrected chi connectivity index (χ0v) is 11.6. The quantitative estimate of drug-likeness (QED) is 0.613. The third kappa shape index (κ3) is 4.91. The average Bonchev–Trinajstić information content (AvgIpc) is 2.30. The molecule has 0 aliphatic carbocycles. The molecule has 0 bridgehead atoms. The number of hydrogen-bond donors (Lipinski definition) is 3. The monoisotopic (exact) mass is 259 g/mol. The van der Waals surface area contributed by atoms with Crippen LogP contribution in [0.4, 0.5) is 4.79 Å². The molecule has 106 valence electrons. The summed E-state index contributed by atoms with van der Waals surface area (Å²) in [7, 11) is 0. The molecular formula is C12H25N3O3. The van der Waals surface area contributed by atoms with E-state index in [1.54, 1.807) is 4.90 Å². The summed E-state index contributed by atoms with van der Waals surface area (Å²) in [5.74, 6) is -0.211. The van der Waals surface area contributed by atoms with Gasteiger partial charge in [-0.05, 0) is 19.8 Å². The highest BCUT2D eigenvalue weighted by molar-refractivity contribution is 5.87. The lowest BCUT2D eigenvalue weighted by Gasteiger charge is -2.32. The van der Waals surface area contributed by atoms with E-state index in [0.717, 1.165) is 6.42 Å². The van der Waals surface area contributed by atoms with Crippen LogP contribution in [0.3, 0.4) is 0 Å². The van der Waals surface area contributed by atoms with Crippen LogP contribution < -0.4 is 11.1 Å². The molecule has 6 heteroatoms. The second-order valence-corrected chi connectivity index (χ2v) is 4.72. The summed E-state index contributed by atoms with van der Waals surface area (Å²) in [6.45, 7) is 7.71. The highest BCUT2D eigenvalue weighted by atomic mass is 16.3. The Kier molecular flexibility index (Phi) is 7.35. The van der Waals surface area contributed by atoms with Crippen molar-refractivity contribution in [1.29, 1.82) is 0 Å². The van der Waals surface area contributed by atoms with Gasteiger partial charge in [-0.15, -0.1) is 0 Å². The molecular weight excluding hydrogens is 234 g/mol. The lowest BCUT2D eigenvalue weighted by molar-refractivity contribution is -0.136. The highest BCUT2D eigenvalue weighted by Crippen LogP contribution is 2.12. The van der Waals surface area contributed by atoms with Gasteiger partial charge in [0, 0.05) is 12.6 Å². The predicted octanol–water partition coefficient (Wildman–Crippen LogP) is 0.299. The smallest absolute Gasteiger partial charge is 0.312 e. The van der Waals surface area contributed by atoms with Crippen LogP contribution in [0.2, 0.25) is 0 Å². The molecule has 0 aromatic heterocycles. The fraction of sp³-hybridized carbons (Fsp3) is 0.833. The summed E-state index contributed by atoms with van der Waals surface area (Å²) in [6.07, 6.45) is 0.752. The summed E-state index contributed by atoms with van der Waals surface area (Å²) < 4.78 is 0. The lowest BCUT2D eigenvalue weighted by atomic mass is 9.97. The molecule has 3 amide bonds. The van der Waals surface area contributed by atoms with E-state index in [1.165, 1.54) is 0 Å². The van der Waals surface area contributed by atoms with E-state index in [0.29, 0.717) is 0 Å². The van der Waals surface area contributed by atoms with Gasteiger partial charge in [0.1, 0.15) is 6.04 Å². The Bertz CT molecular complexity index is 282. The maximum Gasteiger partial charge on any atom is 0.312 e. The number of primary amides is 1. The number of carbonyl (C=O) groups is 2. The van der Waals surface area contributed by atoms with Gasteiger partial charge in [-0.2, -0.15) is 0 Å². The van der Waals surface area contributed by atoms with Crippen LogP contribution in [0.5, 0.6) is 0 Å². The summed E-state index contributed by atoms with van der Waals surface area (Å²) in [4.78, 5) is 24.9. The highest BCUT2D eigenvalue weighted by Gasteiger charge is 2.30. The molecule has 6 nitrogen and oxygen atoms in total. The molecule has 0 aromatic carbocycles. The number of carbonyl (C=O) groups excluding carboxylic acids is 2. The van der Waals surface area contributed by atoms with Gasteiger partial charge in [-0.3, -0.25) is 4.79 Å². The number of nitrogens with two attached hydrogens (primary N) is 1. The zero-order chi connectivity index (χ0) is 14.3. The van der Waals surface area contributed by atoms with Crippen LogP contribution in [0, 0.1) is 5.92 Å². The van der Waals surface area contributed by atoms with Crippen LogP contribution in [0.1, 0.15) is 34.1 Å². The average molecular weight is 259 g/mol. The Morgan fingerprint density at radius 3 is 2.22 bits per heavy atom. The first-order valence-electron chi connectivity index (χ1n) is 6.32. The number of rotatable bonds is 7. The van der Waals surface area contributed by atoms with E-state index < -0.39 is 12.1 Å². The van der Waals surface area contributed by atoms with Gasteiger partial charge in [0.25, 0.3) is 0 Å². The fourth-order valence-corrected chi connectivity index (χ4v) is 1.75. The largest absolute Gasteiger partial charge is 0.395 e. The van der Waals surface area contributed by atoms with Gasteiger partial charge < -0.3 is 21.1 Å². The fourth-order valence-electron chi connectivity index (χ4n) is 1.75. The van der Waals surface area contributed by atoms with E-state index in [1.807, 2.05) is 27.7 Å². The van der Waals surface area contributed by atoms with E-state index in [9.17, 15) is 9.59 Å². The summed E-state index contributed by atoms with van der Waals surface area (Å²) in [5.41, 5.74) is 5.10. The minimum atomic E-state index is -0.707. The molecule has 0 saturated heterocycles. The molecule has 0 fully saturated rings. The van der Waals surface area contributed by atoms with E-state index in [-0.39, 0.29) is 31.0 Å². The Morgan fingerprint density at radius 1 is 1.33 bits per heavy atom. The summed E-state index contributed by atoms with van der Waals surface area (Å²) in [6, 6.07) is -1.38. The topological polar surface area (TPSA) is 95.7 Å². The third-order valence-corrected chi connectivity index (χ3v) is 3.02. The minimum absolute atomic E-state index is 0.00931. The van der Waals surface area contributed by atoms with Gasteiger partial charge >= 0.3 is 6.03 Å². The third-order valence-electron chi connectivity index (χ3n) is 3.02. The van der Waals surface area contributed by atoms with Crippen LogP contribution in [0.25, 0.3) is 0 Å². The molecule has 2 unspecified atom stereocenters. The second kappa shape index (κ2) is 7.92. The zero-order valence-electron chi connectivity index (χ0n) is 11.6. The molecule has 2 atom stereocenters. The molecule has 18 heavy (non-hydrogen) atoms. The molecule has 0 spiro atoms. The molecule has 0 aliphatic heterocycles. The molecule has 0 rings (SSSR count). The van der Waals surface area contributed by atoms with Crippen molar-refractivity contribution in [2.45, 2.75) is 46.2 Å². The van der Waals surface area contributed by atoms with Crippen molar-refractivity contribution in [2.24, 2.45) is 11.7 Å². The Hall–Kier alpha value is -1.30. The van der Waals surface area contributed by atoms with Crippen molar-refractivity contribution >= 4 is 11.9 Å². The van der Waals surface area contributed by atoms with Crippen molar-refractivity contribution in [2.75, 3.05) is 13.2 Å². The van der Waals surface area contributed by atoms with Crippen LogP contribution in [-0.4, -0.2) is 47.2 Å². The number of hydrogen-bond acceptors (Lipinski definition) is 3. The maximum absolute atomic E-state index is 12.4. The number of nitrogens with zero attached hydrogens (tertiary/aromatic N) is 1. The summed E-state index contributed by atoms with van der Waals surface area (Å²) >= 11 is 0. The Labute approximate surface area is 109 Å². The maximum atomic E-state index is 12.4. The van der Waals surface area contributed by atoms with Crippen molar-refractivity contribution in [3.63, 3.8) is 0 Å². The molecule has 0 aliphatic rings. The number of aliphatic hydroxyl groups excluding tert-OH is 1. The van der Waals surface area contributed by atoms with Crippen molar-refractivity contribution < 1.29 is 14.7 Å². The van der Waals surface area contributed by atoms with Crippen molar-refractivity contribution in [1.82, 2.24) is 10.2 Å². The van der Waals surface area contributed by atoms with Gasteiger partial charge in [0.15, 0.2) is 0 Å². The number of aliphatic hydroxyl groups is 1. The number of urea groups is 1. The Balaban J connectivity index is 4.95. The number of nitrogens with one attached hydrogen (secondary N) is 1. The molecule has 0 radical (unpaired) electrons. The second-order valence-electron chi connectivity index (χ2n) is 4.72. The first-order chi connectivity index (χ1) is 8.34. The van der Waals surface area contributed by atoms with E-state index in [4.69, 9.17) is 10.8 Å². The van der Waals surface area contributed by atoms with Crippen molar-refractivity contribution in [3.8, 4) is 0 Å². The molecule has 0 saturated carbocycles. The number of amides is 3. The van der Waals surface area contributed by atoms with Gasteiger partial charge in [0.2, 0.25) is 5.91 Å². The van der Waals surface area contributed by atoms with Crippen LogP contribution >= 0.6 is 0 Å². The first kappa shape index (κ1) is 16.7. The minimum Gasteiger partial charge on any atom is -0.395 e. The van der Waals surface area contributed by atoms with Gasteiger partial charge in [-0.25, -0.2) is 4.79 Å². The SMILES string of the molecule is CCC(C)C(NC(N)=O)C(=O)N(CCO)C(C)C. The van der Waals surface area contributed by atoms with E-state index >= 15 is 0 Å². The standard InChI is InChI=1S/C12H25N3O3/c1-5-9(4)10(14-12(13)18)11(17)15(6-7-16)8(2)3/h8-10,16H,5-7H2,1-4H3,(H3,13,14,18). The normalized spacial score (nSPS) is 14.1. The molecule has 0 aromatic rings. The lowest BCUT2D eigenvalue weighted by Crippen LogP contribution is -2.55. The van der Waals surface area contributed by atoms with Crippen LogP contribution in [-0.2, 0) is 4.79 Å². The summed E-state index contributed by atoms with van der Waals surface area (Å²) in [5, 5.41) is 11.5. The molecule has 0 heterocycles. The first-order valence-corrected chi connectivity index (χ1v) is 6.32. The molecule has 4 N–H and O–H groups in total.